The van der Waals surface area contributed by atoms with Crippen LogP contribution in [0.15, 0.2) is 41.3 Å². The van der Waals surface area contributed by atoms with E-state index >= 15 is 0 Å². The number of rotatable bonds is 4. The largest absolute Gasteiger partial charge is 0.472 e. The molecule has 102 valence electrons. The second-order valence-electron chi connectivity index (χ2n) is 3.99. The molecule has 2 aromatic rings. The Labute approximate surface area is 116 Å². The van der Waals surface area contributed by atoms with E-state index < -0.39 is 0 Å². The highest BCUT2D eigenvalue weighted by Crippen LogP contribution is 2.05. The summed E-state index contributed by atoms with van der Waals surface area (Å²) in [6, 6.07) is 5.22. The molecule has 2 rings (SSSR count). The average Bonchev–Trinajstić information content (AvgIpc) is 2.99. The van der Waals surface area contributed by atoms with E-state index in [2.05, 4.69) is 22.1 Å². The number of amides is 1. The Morgan fingerprint density at radius 3 is 3.10 bits per heavy atom. The van der Waals surface area contributed by atoms with Crippen LogP contribution in [0.1, 0.15) is 28.0 Å². The normalized spacial score (nSPS) is 9.65. The Morgan fingerprint density at radius 1 is 1.45 bits per heavy atom. The number of pyridine rings is 1. The quantitative estimate of drug-likeness (QED) is 0.822. The van der Waals surface area contributed by atoms with Crippen LogP contribution in [-0.4, -0.2) is 22.6 Å². The van der Waals surface area contributed by atoms with Gasteiger partial charge in [0.1, 0.15) is 5.69 Å². The van der Waals surface area contributed by atoms with Crippen molar-refractivity contribution in [1.82, 2.24) is 10.3 Å². The van der Waals surface area contributed by atoms with Gasteiger partial charge in [-0.1, -0.05) is 11.8 Å². The third-order valence-corrected chi connectivity index (χ3v) is 2.52. The van der Waals surface area contributed by atoms with Gasteiger partial charge in [0.15, 0.2) is 0 Å². The van der Waals surface area contributed by atoms with Crippen molar-refractivity contribution < 1.29 is 14.3 Å². The average molecular weight is 270 g/mol. The Bertz CT molecular complexity index is 624. The Hall–Kier alpha value is -2.58. The molecule has 2 heterocycles. The molecule has 0 fully saturated rings. The fraction of sp³-hybridized carbons (Fsp3) is 0.200. The van der Waals surface area contributed by atoms with Crippen LogP contribution in [0.25, 0.3) is 0 Å². The van der Waals surface area contributed by atoms with Gasteiger partial charge in [0.05, 0.1) is 24.7 Å². The maximum absolute atomic E-state index is 12.1. The van der Waals surface area contributed by atoms with Gasteiger partial charge in [0.25, 0.3) is 5.91 Å². The molecule has 0 unspecified atom stereocenters. The second kappa shape index (κ2) is 7.12. The molecular weight excluding hydrogens is 256 g/mol. The number of hydrogen-bond acceptors (Lipinski definition) is 4. The van der Waals surface area contributed by atoms with Crippen molar-refractivity contribution in [3.05, 3.63) is 53.7 Å². The molecule has 0 aliphatic heterocycles. The zero-order valence-corrected chi connectivity index (χ0v) is 10.8. The number of nitrogens with one attached hydrogen (secondary N) is 1. The van der Waals surface area contributed by atoms with Gasteiger partial charge >= 0.3 is 0 Å². The molecule has 1 amide bonds. The third-order valence-electron chi connectivity index (χ3n) is 2.52. The second-order valence-corrected chi connectivity index (χ2v) is 3.99. The smallest absolute Gasteiger partial charge is 0.271 e. The molecular formula is C15H14N2O3. The molecule has 20 heavy (non-hydrogen) atoms. The lowest BCUT2D eigenvalue weighted by molar-refractivity contribution is 0.0945. The van der Waals surface area contributed by atoms with Gasteiger partial charge in [-0.3, -0.25) is 4.79 Å². The van der Waals surface area contributed by atoms with Crippen molar-refractivity contribution in [1.29, 1.82) is 0 Å². The number of hydrogen-bond donors (Lipinski definition) is 2. The van der Waals surface area contributed by atoms with Crippen molar-refractivity contribution in [2.75, 3.05) is 6.61 Å². The summed E-state index contributed by atoms with van der Waals surface area (Å²) < 4.78 is 4.93. The van der Waals surface area contributed by atoms with Crippen molar-refractivity contribution in [2.45, 2.75) is 13.0 Å². The maximum atomic E-state index is 12.1. The minimum Gasteiger partial charge on any atom is -0.472 e. The van der Waals surface area contributed by atoms with E-state index in [9.17, 15) is 4.79 Å². The predicted molar refractivity (Wildman–Crippen MR) is 72.7 cm³/mol. The fourth-order valence-electron chi connectivity index (χ4n) is 1.56. The Balaban J connectivity index is 2.07. The molecule has 0 aliphatic rings. The van der Waals surface area contributed by atoms with Gasteiger partial charge < -0.3 is 14.8 Å². The van der Waals surface area contributed by atoms with E-state index in [0.29, 0.717) is 18.5 Å². The fourth-order valence-corrected chi connectivity index (χ4v) is 1.56. The van der Waals surface area contributed by atoms with Crippen molar-refractivity contribution in [2.24, 2.45) is 0 Å². The number of aliphatic hydroxyl groups excluding tert-OH is 1. The molecule has 2 N–H and O–H groups in total. The molecule has 0 aliphatic carbocycles. The highest BCUT2D eigenvalue weighted by atomic mass is 16.3. The van der Waals surface area contributed by atoms with Crippen molar-refractivity contribution >= 4 is 5.91 Å². The van der Waals surface area contributed by atoms with Crippen molar-refractivity contribution in [3.8, 4) is 11.8 Å². The van der Waals surface area contributed by atoms with Crippen LogP contribution >= 0.6 is 0 Å². The van der Waals surface area contributed by atoms with Gasteiger partial charge in [-0.15, -0.1) is 0 Å². The van der Waals surface area contributed by atoms with E-state index in [4.69, 9.17) is 9.52 Å². The van der Waals surface area contributed by atoms with Crippen LogP contribution in [0, 0.1) is 11.8 Å². The number of carbonyl (C=O) groups is 1. The molecule has 0 radical (unpaired) electrons. The lowest BCUT2D eigenvalue weighted by atomic mass is 10.2. The highest BCUT2D eigenvalue weighted by molar-refractivity contribution is 5.94. The van der Waals surface area contributed by atoms with E-state index in [0.717, 1.165) is 5.56 Å². The van der Waals surface area contributed by atoms with Gasteiger partial charge in [-0.05, 0) is 18.2 Å². The van der Waals surface area contributed by atoms with Gasteiger partial charge in [-0.25, -0.2) is 4.98 Å². The molecule has 0 saturated heterocycles. The lowest BCUT2D eigenvalue weighted by Crippen LogP contribution is -2.24. The molecule has 2 aromatic heterocycles. The number of nitrogens with zero attached hydrogens (tertiary/aromatic N) is 1. The minimum absolute atomic E-state index is 0.00468. The lowest BCUT2D eigenvalue weighted by Gasteiger charge is -2.04. The summed E-state index contributed by atoms with van der Waals surface area (Å²) in [6.45, 7) is 0.366. The molecule has 5 nitrogen and oxygen atoms in total. The Kier molecular flexibility index (Phi) is 4.93. The first-order chi connectivity index (χ1) is 9.81. The minimum atomic E-state index is -0.292. The van der Waals surface area contributed by atoms with Crippen LogP contribution in [0.4, 0.5) is 0 Å². The summed E-state index contributed by atoms with van der Waals surface area (Å²) in [7, 11) is 0. The zero-order chi connectivity index (χ0) is 14.2. The summed E-state index contributed by atoms with van der Waals surface area (Å²) in [4.78, 5) is 16.1. The SMILES string of the molecule is O=C(NCc1ccoc1)c1ncccc1C#CCCO. The van der Waals surface area contributed by atoms with Crippen LogP contribution in [0.2, 0.25) is 0 Å². The van der Waals surface area contributed by atoms with E-state index in [-0.39, 0.29) is 18.2 Å². The van der Waals surface area contributed by atoms with Crippen LogP contribution in [-0.2, 0) is 6.54 Å². The van der Waals surface area contributed by atoms with E-state index in [1.807, 2.05) is 0 Å². The summed E-state index contributed by atoms with van der Waals surface area (Å²) >= 11 is 0. The standard InChI is InChI=1S/C15H14N2O3/c18-8-2-1-4-13-5-3-7-16-14(13)15(19)17-10-12-6-9-20-11-12/h3,5-7,9,11,18H,2,8,10H2,(H,17,19). The van der Waals surface area contributed by atoms with Crippen LogP contribution in [0.3, 0.4) is 0 Å². The molecule has 0 aromatic carbocycles. The van der Waals surface area contributed by atoms with E-state index in [1.165, 1.54) is 0 Å². The van der Waals surface area contributed by atoms with Gasteiger partial charge in [0.2, 0.25) is 0 Å². The first kappa shape index (κ1) is 13.8. The summed E-state index contributed by atoms with van der Waals surface area (Å²) in [5.74, 6) is 5.33. The Morgan fingerprint density at radius 2 is 2.35 bits per heavy atom. The maximum Gasteiger partial charge on any atom is 0.271 e. The van der Waals surface area contributed by atoms with Gasteiger partial charge in [-0.2, -0.15) is 0 Å². The summed E-state index contributed by atoms with van der Waals surface area (Å²) in [6.07, 6.45) is 5.03. The topological polar surface area (TPSA) is 75.4 Å². The first-order valence-corrected chi connectivity index (χ1v) is 6.15. The van der Waals surface area contributed by atoms with Crippen molar-refractivity contribution in [3.63, 3.8) is 0 Å². The first-order valence-electron chi connectivity index (χ1n) is 6.15. The molecule has 0 bridgehead atoms. The van der Waals surface area contributed by atoms with Crippen LogP contribution in [0.5, 0.6) is 0 Å². The number of aliphatic hydroxyl groups is 1. The molecule has 0 spiro atoms. The molecule has 0 atom stereocenters. The molecule has 0 saturated carbocycles. The van der Waals surface area contributed by atoms with Crippen LogP contribution < -0.4 is 5.32 Å². The third kappa shape index (κ3) is 3.70. The number of furan rings is 1. The monoisotopic (exact) mass is 270 g/mol. The predicted octanol–water partition coefficient (Wildman–Crippen LogP) is 1.34. The molecule has 5 heteroatoms. The zero-order valence-electron chi connectivity index (χ0n) is 10.8. The summed E-state index contributed by atoms with van der Waals surface area (Å²) in [5.41, 5.74) is 1.70. The summed E-state index contributed by atoms with van der Waals surface area (Å²) in [5, 5.41) is 11.5. The van der Waals surface area contributed by atoms with Gasteiger partial charge in [0, 0.05) is 24.7 Å². The highest BCUT2D eigenvalue weighted by Gasteiger charge is 2.11. The number of aromatic nitrogens is 1. The number of carbonyl (C=O) groups excluding carboxylic acids is 1. The van der Waals surface area contributed by atoms with E-state index in [1.54, 1.807) is 36.9 Å².